The topological polar surface area (TPSA) is 209 Å². The van der Waals surface area contributed by atoms with Gasteiger partial charge in [0.2, 0.25) is 29.5 Å². The standard InChI is InChI=1S/C32H56N6O8/c1-6-8-9-13-16-24-19(3)32(45)38(5)23(7-2)29(42)37-27(21-14-11-10-12-15-21)31(44)35-22(17-33)28(41)36-26(20(4)39)30(43)34-18-25(40)46-24/h19-24,26-27,39H,6-18,33H2,1-5H3,(H,34,43)(H,35,44)(H,36,41)(H,37,42)/t19-,20+,22+,23+,24-,26+,27+/m1/s1. The molecule has 262 valence electrons. The number of esters is 1. The minimum absolute atomic E-state index is 0.200. The molecule has 7 N–H and O–H groups in total. The third-order valence-electron chi connectivity index (χ3n) is 9.12. The van der Waals surface area contributed by atoms with Crippen LogP contribution in [-0.4, -0.2) is 102 Å². The van der Waals surface area contributed by atoms with E-state index in [9.17, 15) is 33.9 Å². The molecular weight excluding hydrogens is 596 g/mol. The molecule has 0 spiro atoms. The third-order valence-corrected chi connectivity index (χ3v) is 9.12. The number of ether oxygens (including phenoxy) is 1. The number of rotatable bonds is 9. The first-order valence-electron chi connectivity index (χ1n) is 16.9. The van der Waals surface area contributed by atoms with Crippen LogP contribution in [0.15, 0.2) is 0 Å². The van der Waals surface area contributed by atoms with Crippen molar-refractivity contribution in [3.05, 3.63) is 0 Å². The summed E-state index contributed by atoms with van der Waals surface area (Å²) in [5.41, 5.74) is 5.84. The lowest BCUT2D eigenvalue weighted by atomic mass is 9.83. The van der Waals surface area contributed by atoms with Gasteiger partial charge >= 0.3 is 5.97 Å². The van der Waals surface area contributed by atoms with Crippen LogP contribution < -0.4 is 27.0 Å². The lowest BCUT2D eigenvalue weighted by Crippen LogP contribution is -2.62. The number of nitrogens with one attached hydrogen (secondary N) is 4. The quantitative estimate of drug-likeness (QED) is 0.149. The molecule has 0 aromatic heterocycles. The fourth-order valence-corrected chi connectivity index (χ4v) is 6.20. The highest BCUT2D eigenvalue weighted by atomic mass is 16.5. The zero-order chi connectivity index (χ0) is 34.4. The number of hydrogen-bond donors (Lipinski definition) is 6. The number of nitrogens with zero attached hydrogens (tertiary/aromatic N) is 1. The van der Waals surface area contributed by atoms with Crippen molar-refractivity contribution in [2.45, 2.75) is 135 Å². The smallest absolute Gasteiger partial charge is 0.325 e. The van der Waals surface area contributed by atoms with Crippen LogP contribution in [0.4, 0.5) is 0 Å². The molecule has 0 bridgehead atoms. The Morgan fingerprint density at radius 1 is 0.913 bits per heavy atom. The summed E-state index contributed by atoms with van der Waals surface area (Å²) in [6.45, 7) is 5.88. The molecule has 0 radical (unpaired) electrons. The highest BCUT2D eigenvalue weighted by Crippen LogP contribution is 2.27. The normalized spacial score (nSPS) is 29.3. The van der Waals surface area contributed by atoms with Crippen molar-refractivity contribution >= 4 is 35.5 Å². The highest BCUT2D eigenvalue weighted by Gasteiger charge is 2.39. The van der Waals surface area contributed by atoms with Gasteiger partial charge < -0.3 is 41.7 Å². The zero-order valence-corrected chi connectivity index (χ0v) is 28.1. The van der Waals surface area contributed by atoms with E-state index < -0.39 is 84.3 Å². The minimum Gasteiger partial charge on any atom is -0.460 e. The zero-order valence-electron chi connectivity index (χ0n) is 28.1. The molecule has 1 saturated carbocycles. The molecule has 46 heavy (non-hydrogen) atoms. The van der Waals surface area contributed by atoms with E-state index in [0.29, 0.717) is 25.7 Å². The van der Waals surface area contributed by atoms with Crippen LogP contribution in [0, 0.1) is 11.8 Å². The van der Waals surface area contributed by atoms with Crippen molar-refractivity contribution in [3.63, 3.8) is 0 Å². The number of cyclic esters (lactones) is 1. The van der Waals surface area contributed by atoms with Gasteiger partial charge in [-0.2, -0.15) is 0 Å². The van der Waals surface area contributed by atoms with Gasteiger partial charge in [-0.1, -0.05) is 59.3 Å². The summed E-state index contributed by atoms with van der Waals surface area (Å²) in [6, 6.07) is -4.65. The molecule has 0 unspecified atom stereocenters. The van der Waals surface area contributed by atoms with E-state index in [0.717, 1.165) is 38.5 Å². The Bertz CT molecular complexity index is 1050. The van der Waals surface area contributed by atoms with E-state index in [4.69, 9.17) is 10.5 Å². The summed E-state index contributed by atoms with van der Waals surface area (Å²) in [5.74, 6) is -4.98. The molecule has 2 fully saturated rings. The van der Waals surface area contributed by atoms with Crippen LogP contribution in [0.5, 0.6) is 0 Å². The van der Waals surface area contributed by atoms with Crippen molar-refractivity contribution in [2.24, 2.45) is 17.6 Å². The second-order valence-corrected chi connectivity index (χ2v) is 12.7. The van der Waals surface area contributed by atoms with Gasteiger partial charge in [0.25, 0.3) is 0 Å². The molecule has 2 rings (SSSR count). The third kappa shape index (κ3) is 11.2. The number of likely N-dealkylation sites (N-methyl/N-ethyl adjacent to an activating group) is 1. The molecule has 7 atom stereocenters. The lowest BCUT2D eigenvalue weighted by molar-refractivity contribution is -0.157. The SMILES string of the molecule is CCCCCC[C@H]1OC(=O)CNC(=O)[C@H]([C@H](C)O)NC(=O)[C@H](CN)NC(=O)[C@H](C2CCCCC2)NC(=O)[C@H](CC)N(C)C(=O)[C@@H]1C. The van der Waals surface area contributed by atoms with Crippen molar-refractivity contribution in [3.8, 4) is 0 Å². The second kappa shape index (κ2) is 19.4. The Morgan fingerprint density at radius 2 is 1.59 bits per heavy atom. The number of nitrogens with two attached hydrogens (primary N) is 1. The van der Waals surface area contributed by atoms with Crippen LogP contribution in [0.2, 0.25) is 0 Å². The lowest BCUT2D eigenvalue weighted by Gasteiger charge is -2.35. The number of carbonyl (C=O) groups is 6. The minimum atomic E-state index is -1.47. The average Bonchev–Trinajstić information content (AvgIpc) is 3.04. The summed E-state index contributed by atoms with van der Waals surface area (Å²) < 4.78 is 5.71. The summed E-state index contributed by atoms with van der Waals surface area (Å²) in [4.78, 5) is 81.6. The molecule has 1 aliphatic carbocycles. The van der Waals surface area contributed by atoms with Gasteiger partial charge in [-0.25, -0.2) is 0 Å². The van der Waals surface area contributed by atoms with Gasteiger partial charge in [-0.05, 0) is 44.9 Å². The predicted octanol–water partition coefficient (Wildman–Crippen LogP) is 0.246. The maximum atomic E-state index is 13.8. The van der Waals surface area contributed by atoms with E-state index >= 15 is 0 Å². The largest absolute Gasteiger partial charge is 0.460 e. The maximum absolute atomic E-state index is 13.8. The Hall–Kier alpha value is -3.26. The van der Waals surface area contributed by atoms with E-state index in [1.165, 1.54) is 18.9 Å². The Morgan fingerprint density at radius 3 is 2.17 bits per heavy atom. The summed E-state index contributed by atoms with van der Waals surface area (Å²) in [6.07, 6.45) is 6.18. The summed E-state index contributed by atoms with van der Waals surface area (Å²) >= 11 is 0. The number of amides is 5. The van der Waals surface area contributed by atoms with Crippen LogP contribution in [0.25, 0.3) is 0 Å². The molecule has 1 saturated heterocycles. The van der Waals surface area contributed by atoms with Gasteiger partial charge in [0.15, 0.2) is 0 Å². The first-order valence-corrected chi connectivity index (χ1v) is 16.9. The van der Waals surface area contributed by atoms with Gasteiger partial charge in [-0.3, -0.25) is 28.8 Å². The van der Waals surface area contributed by atoms with Crippen LogP contribution >= 0.6 is 0 Å². The highest BCUT2D eigenvalue weighted by molar-refractivity contribution is 5.96. The molecule has 14 nitrogen and oxygen atoms in total. The van der Waals surface area contributed by atoms with Crippen molar-refractivity contribution in [1.82, 2.24) is 26.2 Å². The molecule has 2 aliphatic rings. The fourth-order valence-electron chi connectivity index (χ4n) is 6.20. The average molecular weight is 653 g/mol. The molecular formula is C32H56N6O8. The van der Waals surface area contributed by atoms with E-state index in [1.54, 1.807) is 13.8 Å². The first-order chi connectivity index (χ1) is 21.9. The summed E-state index contributed by atoms with van der Waals surface area (Å²) in [7, 11) is 1.52. The van der Waals surface area contributed by atoms with Crippen LogP contribution in [-0.2, 0) is 33.5 Å². The Kier molecular flexibility index (Phi) is 16.4. The van der Waals surface area contributed by atoms with Gasteiger partial charge in [0.1, 0.15) is 36.8 Å². The molecule has 1 heterocycles. The van der Waals surface area contributed by atoms with Gasteiger partial charge in [-0.15, -0.1) is 0 Å². The fraction of sp³-hybridized carbons (Fsp3) is 0.812. The predicted molar refractivity (Wildman–Crippen MR) is 171 cm³/mol. The molecule has 5 amide bonds. The Labute approximate surface area is 272 Å². The second-order valence-electron chi connectivity index (χ2n) is 12.7. The van der Waals surface area contributed by atoms with E-state index in [2.05, 4.69) is 28.2 Å². The van der Waals surface area contributed by atoms with Crippen molar-refractivity contribution < 1.29 is 38.6 Å². The van der Waals surface area contributed by atoms with Crippen molar-refractivity contribution in [1.29, 1.82) is 0 Å². The van der Waals surface area contributed by atoms with Gasteiger partial charge in [0, 0.05) is 13.6 Å². The monoisotopic (exact) mass is 652 g/mol. The number of hydrogen-bond acceptors (Lipinski definition) is 9. The molecule has 1 aliphatic heterocycles. The maximum Gasteiger partial charge on any atom is 0.325 e. The summed E-state index contributed by atoms with van der Waals surface area (Å²) in [5, 5.41) is 20.6. The number of aliphatic hydroxyl groups is 1. The van der Waals surface area contributed by atoms with Crippen LogP contribution in [0.3, 0.4) is 0 Å². The molecule has 14 heteroatoms. The number of unbranched alkanes of at least 4 members (excludes halogenated alkanes) is 3. The number of aliphatic hydroxyl groups excluding tert-OH is 1. The van der Waals surface area contributed by atoms with E-state index in [1.807, 2.05) is 0 Å². The Balaban J connectivity index is 2.49. The first kappa shape index (κ1) is 38.9. The molecule has 0 aromatic rings. The number of carbonyl (C=O) groups excluding carboxylic acids is 6. The van der Waals surface area contributed by atoms with Crippen LogP contribution in [0.1, 0.15) is 98.3 Å². The molecule has 0 aromatic carbocycles. The van der Waals surface area contributed by atoms with Gasteiger partial charge in [0.05, 0.1) is 12.0 Å². The van der Waals surface area contributed by atoms with E-state index in [-0.39, 0.29) is 18.9 Å². The van der Waals surface area contributed by atoms with Crippen molar-refractivity contribution in [2.75, 3.05) is 20.1 Å².